The van der Waals surface area contributed by atoms with Gasteiger partial charge in [-0.2, -0.15) is 0 Å². The Labute approximate surface area is 142 Å². The van der Waals surface area contributed by atoms with Crippen molar-refractivity contribution in [3.63, 3.8) is 0 Å². The van der Waals surface area contributed by atoms with E-state index < -0.39 is 43.4 Å². The van der Waals surface area contributed by atoms with E-state index in [-0.39, 0.29) is 12.8 Å². The zero-order chi connectivity index (χ0) is 18.9. The number of carbonyl (C=O) groups is 2. The van der Waals surface area contributed by atoms with Crippen molar-refractivity contribution in [1.29, 1.82) is 0 Å². The summed E-state index contributed by atoms with van der Waals surface area (Å²) in [6.45, 7) is 5.13. The lowest BCUT2D eigenvalue weighted by atomic mass is 10.1. The summed E-state index contributed by atoms with van der Waals surface area (Å²) in [7, 11) is -4.48. The lowest BCUT2D eigenvalue weighted by molar-refractivity contribution is -0.145. The molecule has 0 saturated carbocycles. The molecule has 0 aromatic carbocycles. The van der Waals surface area contributed by atoms with Crippen molar-refractivity contribution in [2.24, 2.45) is 11.7 Å². The predicted octanol–water partition coefficient (Wildman–Crippen LogP) is 0.640. The van der Waals surface area contributed by atoms with Crippen LogP contribution in [-0.2, 0) is 18.7 Å². The largest absolute Gasteiger partial charge is 0.479 e. The van der Waals surface area contributed by atoms with Gasteiger partial charge in [-0.3, -0.25) is 13.9 Å². The number of aliphatic hydroxyl groups excluding tert-OH is 1. The Hall–Kier alpha value is -0.990. The van der Waals surface area contributed by atoms with E-state index in [4.69, 9.17) is 15.4 Å². The summed E-state index contributed by atoms with van der Waals surface area (Å²) in [5, 5.41) is 20.9. The molecule has 0 heterocycles. The van der Waals surface area contributed by atoms with Crippen molar-refractivity contribution >= 4 is 19.5 Å². The van der Waals surface area contributed by atoms with Crippen molar-refractivity contribution in [2.45, 2.75) is 64.4 Å². The first kappa shape index (κ1) is 23.0. The summed E-state index contributed by atoms with van der Waals surface area (Å²) in [4.78, 5) is 33.2. The van der Waals surface area contributed by atoms with Crippen molar-refractivity contribution in [3.05, 3.63) is 0 Å². The van der Waals surface area contributed by atoms with Gasteiger partial charge in [0.1, 0.15) is 11.9 Å². The molecule has 9 nitrogen and oxygen atoms in total. The van der Waals surface area contributed by atoms with Gasteiger partial charge in [-0.1, -0.05) is 20.8 Å². The third-order valence-corrected chi connectivity index (χ3v) is 5.42. The third kappa shape index (κ3) is 7.72. The van der Waals surface area contributed by atoms with Crippen molar-refractivity contribution in [1.82, 2.24) is 5.32 Å². The van der Waals surface area contributed by atoms with Crippen LogP contribution in [0.25, 0.3) is 0 Å². The Balaban J connectivity index is 5.12. The number of carboxylic acids is 1. The van der Waals surface area contributed by atoms with Crippen LogP contribution in [0.3, 0.4) is 0 Å². The highest BCUT2D eigenvalue weighted by Crippen LogP contribution is 2.50. The second-order valence-electron chi connectivity index (χ2n) is 5.90. The smallest absolute Gasteiger partial charge is 0.351 e. The Bertz CT molecular complexity index is 458. The standard InChI is InChI=1S/C14H29N2O7P/c1-4-10(17)12(18)16-13(9(2)3)24(21,22)23-11(14(19)20)7-5-6-8-15/h9-11,13,17H,4-8,15H2,1-3H3,(H,16,18)(H,19,20)(H,21,22)/t10-,11+,13+/m1/s1. The number of unbranched alkanes of at least 4 members (excludes halogenated alkanes) is 1. The molecule has 0 rings (SSSR count). The fourth-order valence-electron chi connectivity index (χ4n) is 2.00. The van der Waals surface area contributed by atoms with E-state index in [0.717, 1.165) is 0 Å². The molecule has 24 heavy (non-hydrogen) atoms. The molecule has 0 fully saturated rings. The molecule has 0 saturated heterocycles. The lowest BCUT2D eigenvalue weighted by Crippen LogP contribution is -2.44. The van der Waals surface area contributed by atoms with Crippen LogP contribution in [-0.4, -0.2) is 51.5 Å². The molecule has 10 heteroatoms. The number of carboxylic acid groups (broad SMARTS) is 1. The van der Waals surface area contributed by atoms with Crippen LogP contribution in [0.4, 0.5) is 0 Å². The van der Waals surface area contributed by atoms with Gasteiger partial charge in [0.2, 0.25) is 5.91 Å². The zero-order valence-electron chi connectivity index (χ0n) is 14.3. The molecule has 4 atom stereocenters. The number of carbonyl (C=O) groups excluding carboxylic acids is 1. The fraction of sp³-hybridized carbons (Fsp3) is 0.857. The second-order valence-corrected chi connectivity index (χ2v) is 7.80. The number of rotatable bonds is 12. The molecule has 0 aliphatic carbocycles. The highest BCUT2D eigenvalue weighted by Gasteiger charge is 2.40. The van der Waals surface area contributed by atoms with Gasteiger partial charge < -0.3 is 26.2 Å². The molecule has 1 unspecified atom stereocenters. The van der Waals surface area contributed by atoms with Gasteiger partial charge in [-0.05, 0) is 38.1 Å². The van der Waals surface area contributed by atoms with E-state index in [1.54, 1.807) is 20.8 Å². The molecule has 0 spiro atoms. The Morgan fingerprint density at radius 3 is 2.29 bits per heavy atom. The first-order chi connectivity index (χ1) is 11.1. The third-order valence-electron chi connectivity index (χ3n) is 3.44. The molecule has 1 amide bonds. The summed E-state index contributed by atoms with van der Waals surface area (Å²) < 4.78 is 17.5. The predicted molar refractivity (Wildman–Crippen MR) is 88.3 cm³/mol. The van der Waals surface area contributed by atoms with E-state index in [1.807, 2.05) is 0 Å². The highest BCUT2D eigenvalue weighted by molar-refractivity contribution is 7.53. The maximum atomic E-state index is 12.5. The van der Waals surface area contributed by atoms with Crippen molar-refractivity contribution < 1.29 is 33.8 Å². The molecule has 0 aliphatic heterocycles. The van der Waals surface area contributed by atoms with E-state index in [0.29, 0.717) is 19.4 Å². The molecule has 0 aromatic heterocycles. The van der Waals surface area contributed by atoms with Gasteiger partial charge in [-0.25, -0.2) is 4.79 Å². The average Bonchev–Trinajstić information content (AvgIpc) is 2.49. The maximum absolute atomic E-state index is 12.5. The molecule has 142 valence electrons. The number of amides is 1. The van der Waals surface area contributed by atoms with Crippen LogP contribution >= 0.6 is 7.60 Å². The molecule has 0 bridgehead atoms. The van der Waals surface area contributed by atoms with Crippen LogP contribution < -0.4 is 11.1 Å². The van der Waals surface area contributed by atoms with Gasteiger partial charge in [-0.15, -0.1) is 0 Å². The van der Waals surface area contributed by atoms with Gasteiger partial charge >= 0.3 is 13.6 Å². The summed E-state index contributed by atoms with van der Waals surface area (Å²) in [5.74, 6) is -3.98. The van der Waals surface area contributed by atoms with Crippen molar-refractivity contribution in [3.8, 4) is 0 Å². The quantitative estimate of drug-likeness (QED) is 0.248. The number of hydrogen-bond acceptors (Lipinski definition) is 6. The summed E-state index contributed by atoms with van der Waals surface area (Å²) >= 11 is 0. The summed E-state index contributed by atoms with van der Waals surface area (Å²) in [6.07, 6.45) is -1.61. The number of nitrogens with two attached hydrogens (primary N) is 1. The fourth-order valence-corrected chi connectivity index (χ4v) is 3.73. The topological polar surface area (TPSA) is 159 Å². The molecule has 0 aromatic rings. The van der Waals surface area contributed by atoms with Gasteiger partial charge in [0, 0.05) is 0 Å². The monoisotopic (exact) mass is 368 g/mol. The van der Waals surface area contributed by atoms with Crippen LogP contribution in [0.15, 0.2) is 0 Å². The van der Waals surface area contributed by atoms with Crippen LogP contribution in [0.5, 0.6) is 0 Å². The minimum absolute atomic E-state index is 0.0351. The maximum Gasteiger partial charge on any atom is 0.351 e. The normalized spacial score (nSPS) is 17.8. The summed E-state index contributed by atoms with van der Waals surface area (Å²) in [6, 6.07) is 0. The lowest BCUT2D eigenvalue weighted by Gasteiger charge is -2.29. The van der Waals surface area contributed by atoms with Gasteiger partial charge in [0.05, 0.1) is 0 Å². The second kappa shape index (κ2) is 10.8. The first-order valence-corrected chi connectivity index (χ1v) is 9.63. The Kier molecular flexibility index (Phi) is 10.3. The van der Waals surface area contributed by atoms with E-state index in [9.17, 15) is 24.2 Å². The molecular formula is C14H29N2O7P. The van der Waals surface area contributed by atoms with E-state index in [2.05, 4.69) is 5.32 Å². The van der Waals surface area contributed by atoms with Gasteiger partial charge in [0.15, 0.2) is 6.10 Å². The van der Waals surface area contributed by atoms with E-state index in [1.165, 1.54) is 0 Å². The highest BCUT2D eigenvalue weighted by atomic mass is 31.2. The number of nitrogens with one attached hydrogen (secondary N) is 1. The Morgan fingerprint density at radius 1 is 1.29 bits per heavy atom. The van der Waals surface area contributed by atoms with Crippen LogP contribution in [0.2, 0.25) is 0 Å². The molecular weight excluding hydrogens is 339 g/mol. The first-order valence-electron chi connectivity index (χ1n) is 7.99. The minimum atomic E-state index is -4.48. The number of hydrogen-bond donors (Lipinski definition) is 5. The van der Waals surface area contributed by atoms with Gasteiger partial charge in [0.25, 0.3) is 0 Å². The van der Waals surface area contributed by atoms with Crippen LogP contribution in [0, 0.1) is 5.92 Å². The SMILES string of the molecule is CC[C@@H](O)C(=O)N[C@H](C(C)C)P(=O)(O)O[C@@H](CCCCN)C(=O)O. The van der Waals surface area contributed by atoms with E-state index >= 15 is 0 Å². The summed E-state index contributed by atoms with van der Waals surface area (Å²) in [5.41, 5.74) is 5.34. The average molecular weight is 368 g/mol. The van der Waals surface area contributed by atoms with Crippen molar-refractivity contribution in [2.75, 3.05) is 6.54 Å². The Morgan fingerprint density at radius 2 is 1.88 bits per heavy atom. The molecule has 0 aliphatic rings. The molecule has 0 radical (unpaired) electrons. The minimum Gasteiger partial charge on any atom is -0.479 e. The zero-order valence-corrected chi connectivity index (χ0v) is 15.2. The number of aliphatic carboxylic acids is 1. The van der Waals surface area contributed by atoms with Crippen LogP contribution in [0.1, 0.15) is 46.5 Å². The number of aliphatic hydroxyl groups is 1. The molecule has 6 N–H and O–H groups in total.